The molecule has 0 unspecified atom stereocenters. The van der Waals surface area contributed by atoms with Crippen LogP contribution in [0.2, 0.25) is 0 Å². The van der Waals surface area contributed by atoms with Crippen molar-refractivity contribution in [3.05, 3.63) is 35.4 Å². The van der Waals surface area contributed by atoms with Crippen molar-refractivity contribution in [2.75, 3.05) is 7.05 Å². The lowest BCUT2D eigenvalue weighted by atomic mass is 9.98. The van der Waals surface area contributed by atoms with E-state index in [0.717, 1.165) is 0 Å². The Morgan fingerprint density at radius 3 is 2.25 bits per heavy atom. The summed E-state index contributed by atoms with van der Waals surface area (Å²) >= 11 is 0. The van der Waals surface area contributed by atoms with Crippen molar-refractivity contribution < 1.29 is 5.11 Å². The summed E-state index contributed by atoms with van der Waals surface area (Å²) in [7, 11) is 2.06. The predicted molar refractivity (Wildman–Crippen MR) is 68.5 cm³/mol. The summed E-state index contributed by atoms with van der Waals surface area (Å²) in [6.45, 7) is 8.22. The highest BCUT2D eigenvalue weighted by Gasteiger charge is 2.23. The first kappa shape index (κ1) is 13.2. The van der Waals surface area contributed by atoms with E-state index in [1.807, 2.05) is 13.0 Å². The first-order valence-electron chi connectivity index (χ1n) is 5.90. The van der Waals surface area contributed by atoms with Gasteiger partial charge in [0.2, 0.25) is 0 Å². The van der Waals surface area contributed by atoms with Gasteiger partial charge in [-0.1, -0.05) is 29.8 Å². The van der Waals surface area contributed by atoms with E-state index in [2.05, 4.69) is 50.9 Å². The Morgan fingerprint density at radius 2 is 1.81 bits per heavy atom. The Bertz CT molecular complexity index is 333. The zero-order valence-corrected chi connectivity index (χ0v) is 10.9. The zero-order valence-electron chi connectivity index (χ0n) is 10.9. The molecular weight excluding hydrogens is 198 g/mol. The van der Waals surface area contributed by atoms with Gasteiger partial charge in [0.05, 0.1) is 12.1 Å². The van der Waals surface area contributed by atoms with Crippen LogP contribution in [0.1, 0.15) is 37.9 Å². The molecule has 0 saturated carbocycles. The number of aliphatic hydroxyl groups is 1. The molecule has 0 aliphatic rings. The van der Waals surface area contributed by atoms with Crippen molar-refractivity contribution in [2.24, 2.45) is 0 Å². The molecule has 2 nitrogen and oxygen atoms in total. The van der Waals surface area contributed by atoms with E-state index in [-0.39, 0.29) is 12.1 Å². The summed E-state index contributed by atoms with van der Waals surface area (Å²) in [5, 5.41) is 9.93. The number of rotatable bonds is 4. The Morgan fingerprint density at radius 1 is 1.19 bits per heavy atom. The molecule has 0 heterocycles. The molecule has 0 aliphatic heterocycles. The molecule has 2 atom stereocenters. The van der Waals surface area contributed by atoms with E-state index < -0.39 is 0 Å². The minimum absolute atomic E-state index is 0.0694. The molecule has 1 rings (SSSR count). The van der Waals surface area contributed by atoms with Crippen molar-refractivity contribution >= 4 is 0 Å². The predicted octanol–water partition coefficient (Wildman–Crippen LogP) is 2.76. The van der Waals surface area contributed by atoms with E-state index in [0.29, 0.717) is 6.04 Å². The quantitative estimate of drug-likeness (QED) is 0.845. The molecule has 1 aromatic rings. The topological polar surface area (TPSA) is 23.5 Å². The van der Waals surface area contributed by atoms with Gasteiger partial charge in [-0.2, -0.15) is 0 Å². The van der Waals surface area contributed by atoms with E-state index in [1.54, 1.807) is 0 Å². The molecule has 0 aromatic heterocycles. The number of aliphatic hydroxyl groups excluding tert-OH is 1. The maximum absolute atomic E-state index is 9.93. The Balaban J connectivity index is 3.03. The normalized spacial score (nSPS) is 15.5. The van der Waals surface area contributed by atoms with Crippen molar-refractivity contribution in [1.82, 2.24) is 4.90 Å². The molecule has 0 saturated heterocycles. The molecule has 16 heavy (non-hydrogen) atoms. The van der Waals surface area contributed by atoms with Crippen LogP contribution in [0.4, 0.5) is 0 Å². The molecule has 0 aliphatic carbocycles. The van der Waals surface area contributed by atoms with E-state index in [9.17, 15) is 5.11 Å². The molecule has 0 fully saturated rings. The number of hydrogen-bond acceptors (Lipinski definition) is 2. The summed E-state index contributed by atoms with van der Waals surface area (Å²) < 4.78 is 0. The molecular formula is C14H23NO. The zero-order chi connectivity index (χ0) is 12.3. The maximum atomic E-state index is 9.93. The average Bonchev–Trinajstić information content (AvgIpc) is 2.17. The highest BCUT2D eigenvalue weighted by atomic mass is 16.3. The van der Waals surface area contributed by atoms with Crippen LogP contribution in [-0.4, -0.2) is 29.2 Å². The second-order valence-corrected chi connectivity index (χ2v) is 4.86. The van der Waals surface area contributed by atoms with Crippen molar-refractivity contribution in [3.8, 4) is 0 Å². The number of benzene rings is 1. The summed E-state index contributed by atoms with van der Waals surface area (Å²) in [5.74, 6) is 0. The molecule has 0 spiro atoms. The van der Waals surface area contributed by atoms with Crippen molar-refractivity contribution in [1.29, 1.82) is 0 Å². The number of nitrogens with zero attached hydrogens (tertiary/aromatic N) is 1. The summed E-state index contributed by atoms with van der Waals surface area (Å²) in [6.07, 6.45) is -0.366. The van der Waals surface area contributed by atoms with Gasteiger partial charge >= 0.3 is 0 Å². The van der Waals surface area contributed by atoms with Crippen LogP contribution in [0.15, 0.2) is 24.3 Å². The fourth-order valence-corrected chi connectivity index (χ4v) is 2.03. The second kappa shape index (κ2) is 5.46. The van der Waals surface area contributed by atoms with Gasteiger partial charge in [0.1, 0.15) is 0 Å². The smallest absolute Gasteiger partial charge is 0.0708 e. The molecule has 0 bridgehead atoms. The van der Waals surface area contributed by atoms with Gasteiger partial charge in [-0.25, -0.2) is 0 Å². The third-order valence-electron chi connectivity index (χ3n) is 3.09. The first-order valence-corrected chi connectivity index (χ1v) is 5.90. The van der Waals surface area contributed by atoms with Gasteiger partial charge in [0.25, 0.3) is 0 Å². The fraction of sp³-hybridized carbons (Fsp3) is 0.571. The monoisotopic (exact) mass is 221 g/mol. The van der Waals surface area contributed by atoms with E-state index in [4.69, 9.17) is 0 Å². The van der Waals surface area contributed by atoms with Crippen LogP contribution in [-0.2, 0) is 0 Å². The van der Waals surface area contributed by atoms with Crippen LogP contribution in [0.25, 0.3) is 0 Å². The van der Waals surface area contributed by atoms with Crippen LogP contribution < -0.4 is 0 Å². The fourth-order valence-electron chi connectivity index (χ4n) is 2.03. The number of aryl methyl sites for hydroxylation is 1. The van der Waals surface area contributed by atoms with Crippen molar-refractivity contribution in [3.63, 3.8) is 0 Å². The number of likely N-dealkylation sites (N-methyl/N-ethyl adjacent to an activating group) is 1. The second-order valence-electron chi connectivity index (χ2n) is 4.86. The highest BCUT2D eigenvalue weighted by Crippen LogP contribution is 2.25. The van der Waals surface area contributed by atoms with Gasteiger partial charge < -0.3 is 5.11 Å². The molecule has 1 N–H and O–H groups in total. The standard InChI is InChI=1S/C14H23NO/c1-10(2)15(5)14(12(4)16)13-8-6-7-11(3)9-13/h6-10,12,14,16H,1-5H3/t12-,14-/m0/s1. The van der Waals surface area contributed by atoms with Crippen LogP contribution in [0.5, 0.6) is 0 Å². The molecule has 0 radical (unpaired) electrons. The Kier molecular flexibility index (Phi) is 4.51. The van der Waals surface area contributed by atoms with Gasteiger partial charge in [-0.15, -0.1) is 0 Å². The van der Waals surface area contributed by atoms with E-state index in [1.165, 1.54) is 11.1 Å². The Hall–Kier alpha value is -0.860. The van der Waals surface area contributed by atoms with Crippen molar-refractivity contribution in [2.45, 2.75) is 45.9 Å². The maximum Gasteiger partial charge on any atom is 0.0708 e. The average molecular weight is 221 g/mol. The lowest BCUT2D eigenvalue weighted by molar-refractivity contribution is 0.0591. The third kappa shape index (κ3) is 3.06. The molecule has 0 amide bonds. The third-order valence-corrected chi connectivity index (χ3v) is 3.09. The summed E-state index contributed by atoms with van der Waals surface area (Å²) in [4.78, 5) is 2.21. The lowest BCUT2D eigenvalue weighted by Gasteiger charge is -2.33. The highest BCUT2D eigenvalue weighted by molar-refractivity contribution is 5.26. The van der Waals surface area contributed by atoms with Gasteiger partial charge in [-0.3, -0.25) is 4.90 Å². The minimum atomic E-state index is -0.366. The summed E-state index contributed by atoms with van der Waals surface area (Å²) in [6, 6.07) is 8.85. The lowest BCUT2D eigenvalue weighted by Crippen LogP contribution is -2.36. The number of hydrogen-bond donors (Lipinski definition) is 1. The van der Waals surface area contributed by atoms with Crippen LogP contribution in [0.3, 0.4) is 0 Å². The van der Waals surface area contributed by atoms with Crippen LogP contribution in [0, 0.1) is 6.92 Å². The van der Waals surface area contributed by atoms with Gasteiger partial charge in [0, 0.05) is 6.04 Å². The SMILES string of the molecule is Cc1cccc([C@H]([C@H](C)O)N(C)C(C)C)c1. The molecule has 90 valence electrons. The first-order chi connectivity index (χ1) is 7.43. The van der Waals surface area contributed by atoms with E-state index >= 15 is 0 Å². The molecule has 1 aromatic carbocycles. The van der Waals surface area contributed by atoms with Crippen LogP contribution >= 0.6 is 0 Å². The molecule has 2 heteroatoms. The van der Waals surface area contributed by atoms with Gasteiger partial charge in [-0.05, 0) is 40.3 Å². The largest absolute Gasteiger partial charge is 0.391 e. The van der Waals surface area contributed by atoms with Gasteiger partial charge in [0.15, 0.2) is 0 Å². The minimum Gasteiger partial charge on any atom is -0.391 e. The summed E-state index contributed by atoms with van der Waals surface area (Å²) in [5.41, 5.74) is 2.42. The Labute approximate surface area is 98.9 Å².